The maximum Gasteiger partial charge on any atom is 0.0825 e. The van der Waals surface area contributed by atoms with Gasteiger partial charge in [0, 0.05) is 12.0 Å². The summed E-state index contributed by atoms with van der Waals surface area (Å²) in [4.78, 5) is 0. The third-order valence-corrected chi connectivity index (χ3v) is 2.19. The largest absolute Gasteiger partial charge is 0.396 e. The summed E-state index contributed by atoms with van der Waals surface area (Å²) >= 11 is 0. The molecule has 0 aliphatic heterocycles. The lowest BCUT2D eigenvalue weighted by Crippen LogP contribution is -2.33. The van der Waals surface area contributed by atoms with Gasteiger partial charge in [-0.1, -0.05) is 33.3 Å². The topological polar surface area (TPSA) is 29.5 Å². The van der Waals surface area contributed by atoms with Gasteiger partial charge >= 0.3 is 0 Å². The van der Waals surface area contributed by atoms with Gasteiger partial charge in [0.2, 0.25) is 0 Å². The van der Waals surface area contributed by atoms with E-state index in [0.29, 0.717) is 0 Å². The number of unbranched alkanes of at least 4 members (excludes halogenated alkanes) is 1. The molecule has 0 aromatic rings. The third kappa shape index (κ3) is 4.44. The summed E-state index contributed by atoms with van der Waals surface area (Å²) in [5, 5.41) is 9.12. The van der Waals surface area contributed by atoms with Crippen LogP contribution in [0.5, 0.6) is 0 Å². The number of ether oxygens (including phenoxy) is 1. The van der Waals surface area contributed by atoms with E-state index < -0.39 is 0 Å². The molecule has 0 fully saturated rings. The van der Waals surface area contributed by atoms with Gasteiger partial charge in [0.25, 0.3) is 0 Å². The van der Waals surface area contributed by atoms with Crippen molar-refractivity contribution >= 4 is 0 Å². The van der Waals surface area contributed by atoms with Crippen LogP contribution < -0.4 is 0 Å². The van der Waals surface area contributed by atoms with E-state index >= 15 is 0 Å². The van der Waals surface area contributed by atoms with Crippen molar-refractivity contribution in [2.24, 2.45) is 5.41 Å². The molecule has 78 valence electrons. The van der Waals surface area contributed by atoms with Gasteiger partial charge in [-0.25, -0.2) is 0 Å². The zero-order valence-electron chi connectivity index (χ0n) is 9.05. The average Bonchev–Trinajstić information content (AvgIpc) is 2.12. The van der Waals surface area contributed by atoms with Gasteiger partial charge in [0.1, 0.15) is 0 Å². The molecular formula is C11H22O2. The van der Waals surface area contributed by atoms with Crippen molar-refractivity contribution in [2.75, 3.05) is 13.2 Å². The molecule has 0 saturated heterocycles. The first-order valence-electron chi connectivity index (χ1n) is 4.93. The van der Waals surface area contributed by atoms with E-state index in [1.54, 1.807) is 6.08 Å². The van der Waals surface area contributed by atoms with E-state index in [2.05, 4.69) is 13.5 Å². The minimum Gasteiger partial charge on any atom is -0.396 e. The van der Waals surface area contributed by atoms with Gasteiger partial charge in [0.15, 0.2) is 0 Å². The smallest absolute Gasteiger partial charge is 0.0825 e. The third-order valence-electron chi connectivity index (χ3n) is 2.19. The van der Waals surface area contributed by atoms with Crippen LogP contribution in [0.15, 0.2) is 12.7 Å². The van der Waals surface area contributed by atoms with Crippen molar-refractivity contribution in [2.45, 2.75) is 39.7 Å². The monoisotopic (exact) mass is 186 g/mol. The van der Waals surface area contributed by atoms with E-state index in [0.717, 1.165) is 19.4 Å². The second kappa shape index (κ2) is 6.17. The Morgan fingerprint density at radius 3 is 2.54 bits per heavy atom. The van der Waals surface area contributed by atoms with Crippen LogP contribution in [0.3, 0.4) is 0 Å². The molecule has 0 amide bonds. The lowest BCUT2D eigenvalue weighted by Gasteiger charge is -2.30. The van der Waals surface area contributed by atoms with E-state index in [1.165, 1.54) is 0 Å². The first-order valence-corrected chi connectivity index (χ1v) is 4.93. The molecule has 0 radical (unpaired) electrons. The molecule has 13 heavy (non-hydrogen) atoms. The predicted octanol–water partition coefficient (Wildman–Crippen LogP) is 2.38. The highest BCUT2D eigenvalue weighted by atomic mass is 16.5. The van der Waals surface area contributed by atoms with Crippen LogP contribution in [0.25, 0.3) is 0 Å². The number of aliphatic hydroxyl groups is 1. The summed E-state index contributed by atoms with van der Waals surface area (Å²) in [5.74, 6) is 0. The lowest BCUT2D eigenvalue weighted by atomic mass is 9.87. The maximum atomic E-state index is 9.12. The summed E-state index contributed by atoms with van der Waals surface area (Å²) in [6.45, 7) is 10.7. The minimum absolute atomic E-state index is 0.0518. The second-order valence-electron chi connectivity index (χ2n) is 4.03. The molecule has 0 aromatic heterocycles. The second-order valence-corrected chi connectivity index (χ2v) is 4.03. The zero-order chi connectivity index (χ0) is 10.3. The summed E-state index contributed by atoms with van der Waals surface area (Å²) in [6, 6.07) is 0. The average molecular weight is 186 g/mol. The van der Waals surface area contributed by atoms with Crippen molar-refractivity contribution in [1.29, 1.82) is 0 Å². The van der Waals surface area contributed by atoms with E-state index in [4.69, 9.17) is 9.84 Å². The molecule has 0 bridgehead atoms. The zero-order valence-corrected chi connectivity index (χ0v) is 9.05. The Balaban J connectivity index is 3.94. The molecule has 0 saturated carbocycles. The van der Waals surface area contributed by atoms with Gasteiger partial charge in [-0.2, -0.15) is 0 Å². The molecule has 1 atom stereocenters. The molecule has 2 heteroatoms. The highest BCUT2D eigenvalue weighted by Gasteiger charge is 2.26. The van der Waals surface area contributed by atoms with E-state index in [9.17, 15) is 0 Å². The van der Waals surface area contributed by atoms with Crippen LogP contribution in [0.1, 0.15) is 33.6 Å². The molecule has 0 aliphatic carbocycles. The Kier molecular flexibility index (Phi) is 6.00. The number of aliphatic hydroxyl groups excluding tert-OH is 1. The van der Waals surface area contributed by atoms with Gasteiger partial charge in [-0.05, 0) is 6.42 Å². The van der Waals surface area contributed by atoms with Gasteiger partial charge in [0.05, 0.1) is 12.7 Å². The fourth-order valence-corrected chi connectivity index (χ4v) is 1.06. The Morgan fingerprint density at radius 2 is 2.15 bits per heavy atom. The van der Waals surface area contributed by atoms with Crippen molar-refractivity contribution < 1.29 is 9.84 Å². The Bertz CT molecular complexity index is 141. The van der Waals surface area contributed by atoms with Crippen molar-refractivity contribution in [3.05, 3.63) is 12.7 Å². The molecular weight excluding hydrogens is 164 g/mol. The lowest BCUT2D eigenvalue weighted by molar-refractivity contribution is -0.0211. The first kappa shape index (κ1) is 12.7. The summed E-state index contributed by atoms with van der Waals surface area (Å²) < 4.78 is 5.61. The van der Waals surface area contributed by atoms with Crippen molar-refractivity contribution in [3.8, 4) is 0 Å². The predicted molar refractivity (Wildman–Crippen MR) is 55.7 cm³/mol. The number of hydrogen-bond donors (Lipinski definition) is 1. The summed E-state index contributed by atoms with van der Waals surface area (Å²) in [5.41, 5.74) is -0.227. The standard InChI is InChI=1S/C11H22O2/c1-5-7-8-13-10(6-2)11(3,4)9-12/h6,10,12H,2,5,7-9H2,1,3-4H3. The quantitative estimate of drug-likeness (QED) is 0.488. The van der Waals surface area contributed by atoms with Crippen molar-refractivity contribution in [3.63, 3.8) is 0 Å². The van der Waals surface area contributed by atoms with E-state index in [1.807, 2.05) is 13.8 Å². The molecule has 1 unspecified atom stereocenters. The van der Waals surface area contributed by atoms with Gasteiger partial charge < -0.3 is 9.84 Å². The highest BCUT2D eigenvalue weighted by molar-refractivity contribution is 4.91. The van der Waals surface area contributed by atoms with Crippen LogP contribution >= 0.6 is 0 Å². The normalized spacial score (nSPS) is 14.2. The van der Waals surface area contributed by atoms with E-state index in [-0.39, 0.29) is 18.1 Å². The van der Waals surface area contributed by atoms with Crippen LogP contribution in [-0.4, -0.2) is 24.4 Å². The molecule has 1 N–H and O–H groups in total. The Morgan fingerprint density at radius 1 is 1.54 bits per heavy atom. The molecule has 0 aliphatic rings. The van der Waals surface area contributed by atoms with Gasteiger partial charge in [-0.15, -0.1) is 6.58 Å². The fourth-order valence-electron chi connectivity index (χ4n) is 1.06. The molecule has 0 heterocycles. The van der Waals surface area contributed by atoms with Crippen LogP contribution in [0.4, 0.5) is 0 Å². The fraction of sp³-hybridized carbons (Fsp3) is 0.818. The summed E-state index contributed by atoms with van der Waals surface area (Å²) in [6.07, 6.45) is 3.91. The van der Waals surface area contributed by atoms with Crippen LogP contribution in [-0.2, 0) is 4.74 Å². The first-order chi connectivity index (χ1) is 6.08. The Labute approximate surface area is 81.6 Å². The van der Waals surface area contributed by atoms with Crippen LogP contribution in [0.2, 0.25) is 0 Å². The SMILES string of the molecule is C=CC(OCCCC)C(C)(C)CO. The summed E-state index contributed by atoms with van der Waals surface area (Å²) in [7, 11) is 0. The molecule has 0 spiro atoms. The highest BCUT2D eigenvalue weighted by Crippen LogP contribution is 2.23. The van der Waals surface area contributed by atoms with Crippen LogP contribution in [0, 0.1) is 5.41 Å². The van der Waals surface area contributed by atoms with Gasteiger partial charge in [-0.3, -0.25) is 0 Å². The maximum absolute atomic E-state index is 9.12. The Hall–Kier alpha value is -0.340. The molecule has 0 aromatic carbocycles. The minimum atomic E-state index is -0.227. The number of hydrogen-bond acceptors (Lipinski definition) is 2. The molecule has 2 nitrogen and oxygen atoms in total. The van der Waals surface area contributed by atoms with Crippen molar-refractivity contribution in [1.82, 2.24) is 0 Å². The molecule has 0 rings (SSSR count). The number of rotatable bonds is 7.